The van der Waals surface area contributed by atoms with Crippen molar-refractivity contribution < 1.29 is 29.3 Å². The maximum Gasteiger partial charge on any atom is 0.408 e. The van der Waals surface area contributed by atoms with E-state index in [2.05, 4.69) is 16.7 Å². The van der Waals surface area contributed by atoms with Crippen molar-refractivity contribution in [3.8, 4) is 24.0 Å². The highest BCUT2D eigenvalue weighted by molar-refractivity contribution is 5.93. The highest BCUT2D eigenvalue weighted by Crippen LogP contribution is 2.25. The number of hydrogen-bond acceptors (Lipinski definition) is 6. The zero-order chi connectivity index (χ0) is 27.6. The summed E-state index contributed by atoms with van der Waals surface area (Å²) < 4.78 is 5.34. The van der Waals surface area contributed by atoms with Gasteiger partial charge in [0.05, 0.1) is 0 Å². The largest absolute Gasteiger partial charge is 0.508 e. The molecule has 0 aromatic heterocycles. The van der Waals surface area contributed by atoms with Crippen molar-refractivity contribution >= 4 is 17.9 Å². The molecule has 0 saturated carbocycles. The number of terminal acetylenes is 1. The van der Waals surface area contributed by atoms with Crippen molar-refractivity contribution in [2.45, 2.75) is 64.6 Å². The molecular weight excluding hydrogens is 474 g/mol. The van der Waals surface area contributed by atoms with Gasteiger partial charge in [0.2, 0.25) is 5.91 Å². The second-order valence-electron chi connectivity index (χ2n) is 9.55. The summed E-state index contributed by atoms with van der Waals surface area (Å²) in [6, 6.07) is 11.9. The monoisotopic (exact) mass is 509 g/mol. The zero-order valence-electron chi connectivity index (χ0n) is 21.7. The molecule has 37 heavy (non-hydrogen) atoms. The molecule has 0 aliphatic rings. The number of unbranched alkanes of at least 4 members (excludes halogenated alkanes) is 1. The zero-order valence-corrected chi connectivity index (χ0v) is 21.7. The fourth-order valence-electron chi connectivity index (χ4n) is 3.55. The first-order chi connectivity index (χ1) is 17.4. The Bertz CT molecular complexity index is 1120. The van der Waals surface area contributed by atoms with Crippen molar-refractivity contribution in [1.29, 1.82) is 0 Å². The molecule has 0 radical (unpaired) electrons. The first-order valence-electron chi connectivity index (χ1n) is 12.1. The molecule has 2 aromatic rings. The highest BCUT2D eigenvalue weighted by atomic mass is 16.6. The van der Waals surface area contributed by atoms with Crippen LogP contribution < -0.4 is 10.6 Å². The molecule has 198 valence electrons. The van der Waals surface area contributed by atoms with Crippen LogP contribution in [-0.4, -0.2) is 51.2 Å². The van der Waals surface area contributed by atoms with E-state index < -0.39 is 35.6 Å². The lowest BCUT2D eigenvalue weighted by Gasteiger charge is -2.30. The summed E-state index contributed by atoms with van der Waals surface area (Å²) >= 11 is 0. The number of carbonyl (C=O) groups excluding carboxylic acids is 3. The molecule has 2 atom stereocenters. The van der Waals surface area contributed by atoms with Gasteiger partial charge >= 0.3 is 6.09 Å². The lowest BCUT2D eigenvalue weighted by Crippen LogP contribution is -2.52. The fraction of sp³-hybridized carbons (Fsp3) is 0.393. The maximum absolute atomic E-state index is 13.8. The van der Waals surface area contributed by atoms with Gasteiger partial charge in [0, 0.05) is 19.0 Å². The molecule has 0 fully saturated rings. The third-order valence-electron chi connectivity index (χ3n) is 5.26. The normalized spacial score (nSPS) is 12.5. The number of phenols is 2. The van der Waals surface area contributed by atoms with Crippen molar-refractivity contribution in [2.75, 3.05) is 6.54 Å². The van der Waals surface area contributed by atoms with E-state index in [9.17, 15) is 24.6 Å². The molecule has 2 unspecified atom stereocenters. The Morgan fingerprint density at radius 1 is 1.08 bits per heavy atom. The second kappa shape index (κ2) is 13.2. The minimum Gasteiger partial charge on any atom is -0.508 e. The van der Waals surface area contributed by atoms with Gasteiger partial charge in [-0.1, -0.05) is 44.0 Å². The van der Waals surface area contributed by atoms with Crippen molar-refractivity contribution in [3.05, 3.63) is 59.7 Å². The predicted octanol–water partition coefficient (Wildman–Crippen LogP) is 3.61. The summed E-state index contributed by atoms with van der Waals surface area (Å²) in [6.07, 6.45) is 6.52. The van der Waals surface area contributed by atoms with Crippen molar-refractivity contribution in [1.82, 2.24) is 15.5 Å². The molecule has 0 aliphatic heterocycles. The highest BCUT2D eigenvalue weighted by Gasteiger charge is 2.36. The number of benzene rings is 2. The molecule has 9 nitrogen and oxygen atoms in total. The molecule has 9 heteroatoms. The number of carbonyl (C=O) groups is 3. The van der Waals surface area contributed by atoms with Gasteiger partial charge < -0.3 is 25.6 Å². The van der Waals surface area contributed by atoms with Gasteiger partial charge in [-0.15, -0.1) is 0 Å². The number of amides is 3. The Kier molecular flexibility index (Phi) is 10.4. The van der Waals surface area contributed by atoms with Crippen LogP contribution in [0.1, 0.15) is 57.7 Å². The number of hydrogen-bond donors (Lipinski definition) is 4. The minimum atomic E-state index is -1.26. The molecule has 3 amide bonds. The number of aromatic hydroxyl groups is 2. The minimum absolute atomic E-state index is 0.0146. The molecule has 0 heterocycles. The van der Waals surface area contributed by atoms with E-state index in [-0.39, 0.29) is 17.9 Å². The van der Waals surface area contributed by atoms with Gasteiger partial charge in [-0.05, 0) is 62.6 Å². The van der Waals surface area contributed by atoms with Crippen LogP contribution in [0, 0.1) is 12.5 Å². The quantitative estimate of drug-likeness (QED) is 0.220. The SMILES string of the molecule is C#CN(C(=O)C(Cc1ccc(O)cc1)NC(=O)OC(C)(C)C)C(C(=O)NCCCC)c1cccc(O)c1. The fourth-order valence-corrected chi connectivity index (χ4v) is 3.55. The van der Waals surface area contributed by atoms with E-state index in [0.717, 1.165) is 17.7 Å². The van der Waals surface area contributed by atoms with Crippen LogP contribution in [0.25, 0.3) is 0 Å². The molecular formula is C28H35N3O6. The number of phenolic OH excluding ortho intramolecular Hbond substituents is 2. The number of nitrogens with one attached hydrogen (secondary N) is 2. The first-order valence-corrected chi connectivity index (χ1v) is 12.1. The second-order valence-corrected chi connectivity index (χ2v) is 9.55. The molecule has 2 rings (SSSR count). The standard InChI is InChI=1S/C28H35N3O6/c1-6-8-16-29-25(34)24(20-10-9-11-22(33)18-20)31(7-2)26(35)23(30-27(36)37-28(3,4)5)17-19-12-14-21(32)15-13-19/h2,9-15,18,23-24,32-33H,6,8,16-17H2,1,3-5H3,(H,29,34)(H,30,36). The maximum atomic E-state index is 13.8. The summed E-state index contributed by atoms with van der Waals surface area (Å²) in [7, 11) is 0. The number of nitrogens with zero attached hydrogens (tertiary/aromatic N) is 1. The van der Waals surface area contributed by atoms with Gasteiger partial charge in [-0.2, -0.15) is 0 Å². The molecule has 0 aliphatic carbocycles. The van der Waals surface area contributed by atoms with Crippen molar-refractivity contribution in [2.24, 2.45) is 0 Å². The number of rotatable bonds is 10. The van der Waals surface area contributed by atoms with Crippen LogP contribution in [0.3, 0.4) is 0 Å². The Balaban J connectivity index is 2.45. The average Bonchev–Trinajstić information content (AvgIpc) is 2.81. The topological polar surface area (TPSA) is 128 Å². The van der Waals surface area contributed by atoms with Crippen LogP contribution >= 0.6 is 0 Å². The Morgan fingerprint density at radius 3 is 2.32 bits per heavy atom. The summed E-state index contributed by atoms with van der Waals surface area (Å²) in [5, 5.41) is 25.0. The Morgan fingerprint density at radius 2 is 1.76 bits per heavy atom. The van der Waals surface area contributed by atoms with E-state index in [1.54, 1.807) is 45.0 Å². The third-order valence-corrected chi connectivity index (χ3v) is 5.26. The lowest BCUT2D eigenvalue weighted by atomic mass is 10.0. The molecule has 0 spiro atoms. The van der Waals surface area contributed by atoms with Gasteiger partial charge in [0.1, 0.15) is 29.2 Å². The summed E-state index contributed by atoms with van der Waals surface area (Å²) in [5.41, 5.74) is 0.122. The van der Waals surface area contributed by atoms with E-state index >= 15 is 0 Å². The van der Waals surface area contributed by atoms with Crippen molar-refractivity contribution in [3.63, 3.8) is 0 Å². The van der Waals surface area contributed by atoms with Crippen LogP contribution in [-0.2, 0) is 20.7 Å². The van der Waals surface area contributed by atoms with Crippen LogP contribution in [0.4, 0.5) is 4.79 Å². The molecule has 0 bridgehead atoms. The van der Waals surface area contributed by atoms with Gasteiger partial charge in [-0.25, -0.2) is 4.79 Å². The molecule has 0 saturated heterocycles. The Labute approximate surface area is 217 Å². The van der Waals surface area contributed by atoms with E-state index in [0.29, 0.717) is 17.7 Å². The molecule has 4 N–H and O–H groups in total. The Hall–Kier alpha value is -4.19. The van der Waals surface area contributed by atoms with E-state index in [1.165, 1.54) is 24.3 Å². The van der Waals surface area contributed by atoms with Gasteiger partial charge in [0.25, 0.3) is 5.91 Å². The lowest BCUT2D eigenvalue weighted by molar-refractivity contribution is -0.138. The summed E-state index contributed by atoms with van der Waals surface area (Å²) in [4.78, 5) is 40.6. The van der Waals surface area contributed by atoms with Crippen LogP contribution in [0.2, 0.25) is 0 Å². The summed E-state index contributed by atoms with van der Waals surface area (Å²) in [5.74, 6) is -1.29. The van der Waals surface area contributed by atoms with Gasteiger partial charge in [-0.3, -0.25) is 14.5 Å². The van der Waals surface area contributed by atoms with Crippen LogP contribution in [0.5, 0.6) is 11.5 Å². The third kappa shape index (κ3) is 9.08. The average molecular weight is 510 g/mol. The first kappa shape index (κ1) is 29.0. The van der Waals surface area contributed by atoms with E-state index in [4.69, 9.17) is 11.2 Å². The summed E-state index contributed by atoms with van der Waals surface area (Å²) in [6.45, 7) is 7.43. The number of alkyl carbamates (subject to hydrolysis) is 1. The predicted molar refractivity (Wildman–Crippen MR) is 139 cm³/mol. The number of ether oxygens (including phenoxy) is 1. The van der Waals surface area contributed by atoms with E-state index in [1.807, 2.05) is 6.92 Å². The smallest absolute Gasteiger partial charge is 0.408 e. The van der Waals surface area contributed by atoms with Crippen LogP contribution in [0.15, 0.2) is 48.5 Å². The molecule has 2 aromatic carbocycles. The van der Waals surface area contributed by atoms with Gasteiger partial charge in [0.15, 0.2) is 0 Å².